The SMILES string of the molecule is O=[N+]([O-])c1c(NCCCC2CC2)ccc2scnc12. The summed E-state index contributed by atoms with van der Waals surface area (Å²) in [7, 11) is 0. The Bertz CT molecular complexity index is 607. The van der Waals surface area contributed by atoms with Crippen molar-refractivity contribution in [3.05, 3.63) is 27.8 Å². The molecule has 0 saturated heterocycles. The largest absolute Gasteiger partial charge is 0.379 e. The maximum Gasteiger partial charge on any atom is 0.319 e. The normalized spacial score (nSPS) is 14.7. The van der Waals surface area contributed by atoms with Crippen LogP contribution >= 0.6 is 11.3 Å². The number of nitrogens with one attached hydrogen (secondary N) is 1. The molecule has 1 aliphatic rings. The Balaban J connectivity index is 1.76. The molecule has 1 aromatic heterocycles. The van der Waals surface area contributed by atoms with Crippen molar-refractivity contribution in [1.82, 2.24) is 4.98 Å². The molecule has 0 amide bonds. The lowest BCUT2D eigenvalue weighted by Crippen LogP contribution is -2.05. The van der Waals surface area contributed by atoms with Gasteiger partial charge in [0.2, 0.25) is 0 Å². The second-order valence-electron chi connectivity index (χ2n) is 4.93. The Hall–Kier alpha value is -1.69. The van der Waals surface area contributed by atoms with E-state index in [9.17, 15) is 10.1 Å². The monoisotopic (exact) mass is 277 g/mol. The number of nitro benzene ring substituents is 1. The lowest BCUT2D eigenvalue weighted by atomic mass is 10.2. The molecule has 0 unspecified atom stereocenters. The number of nitro groups is 1. The zero-order valence-corrected chi connectivity index (χ0v) is 11.3. The highest BCUT2D eigenvalue weighted by Gasteiger charge is 2.22. The second kappa shape index (κ2) is 5.13. The first-order valence-electron chi connectivity index (χ1n) is 6.50. The van der Waals surface area contributed by atoms with E-state index in [1.54, 1.807) is 11.6 Å². The van der Waals surface area contributed by atoms with Gasteiger partial charge in [0.15, 0.2) is 5.52 Å². The van der Waals surface area contributed by atoms with E-state index in [1.807, 2.05) is 6.07 Å². The van der Waals surface area contributed by atoms with Gasteiger partial charge in [0, 0.05) is 6.54 Å². The zero-order chi connectivity index (χ0) is 13.2. The van der Waals surface area contributed by atoms with Gasteiger partial charge in [0.05, 0.1) is 15.1 Å². The van der Waals surface area contributed by atoms with Gasteiger partial charge in [-0.2, -0.15) is 0 Å². The molecule has 6 heteroatoms. The number of hydrogen-bond acceptors (Lipinski definition) is 5. The van der Waals surface area contributed by atoms with Crippen molar-refractivity contribution in [1.29, 1.82) is 0 Å². The first kappa shape index (κ1) is 12.3. The van der Waals surface area contributed by atoms with Gasteiger partial charge in [0.25, 0.3) is 0 Å². The van der Waals surface area contributed by atoms with Gasteiger partial charge < -0.3 is 5.32 Å². The van der Waals surface area contributed by atoms with Crippen LogP contribution in [0.25, 0.3) is 10.2 Å². The van der Waals surface area contributed by atoms with E-state index in [1.165, 1.54) is 30.6 Å². The molecular weight excluding hydrogens is 262 g/mol. The first-order valence-corrected chi connectivity index (χ1v) is 7.38. The molecule has 1 fully saturated rings. The fourth-order valence-corrected chi connectivity index (χ4v) is 2.94. The van der Waals surface area contributed by atoms with Crippen molar-refractivity contribution in [2.45, 2.75) is 25.7 Å². The third-order valence-corrected chi connectivity index (χ3v) is 4.25. The molecule has 1 heterocycles. The summed E-state index contributed by atoms with van der Waals surface area (Å²) in [5.41, 5.74) is 2.82. The highest BCUT2D eigenvalue weighted by molar-refractivity contribution is 7.16. The summed E-state index contributed by atoms with van der Waals surface area (Å²) in [5, 5.41) is 14.4. The van der Waals surface area contributed by atoms with E-state index in [2.05, 4.69) is 10.3 Å². The summed E-state index contributed by atoms with van der Waals surface area (Å²) in [4.78, 5) is 15.0. The minimum atomic E-state index is -0.342. The first-order chi connectivity index (χ1) is 9.25. The summed E-state index contributed by atoms with van der Waals surface area (Å²) in [6.07, 6.45) is 4.99. The lowest BCUT2D eigenvalue weighted by Gasteiger charge is -2.07. The van der Waals surface area contributed by atoms with Crippen LogP contribution in [0.1, 0.15) is 25.7 Å². The molecule has 0 atom stereocenters. The number of nitrogens with zero attached hydrogens (tertiary/aromatic N) is 2. The average molecular weight is 277 g/mol. The fraction of sp³-hybridized carbons (Fsp3) is 0.462. The Kier molecular flexibility index (Phi) is 3.33. The third kappa shape index (κ3) is 2.68. The van der Waals surface area contributed by atoms with Crippen LogP contribution in [0.4, 0.5) is 11.4 Å². The number of aromatic nitrogens is 1. The van der Waals surface area contributed by atoms with Crippen LogP contribution in [0.5, 0.6) is 0 Å². The van der Waals surface area contributed by atoms with Gasteiger partial charge >= 0.3 is 5.69 Å². The molecule has 0 radical (unpaired) electrons. The molecule has 0 bridgehead atoms. The molecule has 2 aromatic rings. The van der Waals surface area contributed by atoms with E-state index >= 15 is 0 Å². The van der Waals surface area contributed by atoms with E-state index in [4.69, 9.17) is 0 Å². The van der Waals surface area contributed by atoms with Crippen molar-refractivity contribution in [2.24, 2.45) is 5.92 Å². The quantitative estimate of drug-likeness (QED) is 0.495. The summed E-state index contributed by atoms with van der Waals surface area (Å²) in [6, 6.07) is 3.68. The predicted octanol–water partition coefficient (Wildman–Crippen LogP) is 3.81. The molecule has 100 valence electrons. The highest BCUT2D eigenvalue weighted by atomic mass is 32.1. The minimum Gasteiger partial charge on any atom is -0.379 e. The van der Waals surface area contributed by atoms with Crippen molar-refractivity contribution in [3.8, 4) is 0 Å². The third-order valence-electron chi connectivity index (χ3n) is 3.46. The Morgan fingerprint density at radius 3 is 3.05 bits per heavy atom. The summed E-state index contributed by atoms with van der Waals surface area (Å²) < 4.78 is 0.857. The van der Waals surface area contributed by atoms with Crippen LogP contribution in [-0.4, -0.2) is 16.5 Å². The van der Waals surface area contributed by atoms with Gasteiger partial charge in [-0.25, -0.2) is 4.98 Å². The molecule has 5 nitrogen and oxygen atoms in total. The van der Waals surface area contributed by atoms with Crippen molar-refractivity contribution in [3.63, 3.8) is 0 Å². The van der Waals surface area contributed by atoms with Crippen LogP contribution in [0.15, 0.2) is 17.6 Å². The molecule has 1 saturated carbocycles. The van der Waals surface area contributed by atoms with Crippen LogP contribution in [-0.2, 0) is 0 Å². The molecule has 1 aliphatic carbocycles. The summed E-state index contributed by atoms with van der Waals surface area (Å²) in [5.74, 6) is 0.901. The van der Waals surface area contributed by atoms with Gasteiger partial charge in [-0.1, -0.05) is 12.8 Å². The molecule has 0 spiro atoms. The second-order valence-corrected chi connectivity index (χ2v) is 5.82. The van der Waals surface area contributed by atoms with Crippen molar-refractivity contribution >= 4 is 32.9 Å². The maximum atomic E-state index is 11.2. The number of benzene rings is 1. The van der Waals surface area contributed by atoms with E-state index in [0.29, 0.717) is 11.2 Å². The molecule has 0 aliphatic heterocycles. The minimum absolute atomic E-state index is 0.102. The lowest BCUT2D eigenvalue weighted by molar-refractivity contribution is -0.382. The Morgan fingerprint density at radius 1 is 1.47 bits per heavy atom. The standard InChI is InChI=1S/C13H15N3O2S/c17-16(18)13-10(14-7-1-2-9-3-4-9)5-6-11-12(13)15-8-19-11/h5-6,8-9,14H,1-4,7H2. The maximum absolute atomic E-state index is 11.2. The molecule has 1 aromatic carbocycles. The van der Waals surface area contributed by atoms with E-state index in [-0.39, 0.29) is 10.6 Å². The smallest absolute Gasteiger partial charge is 0.319 e. The number of thiazole rings is 1. The van der Waals surface area contributed by atoms with Crippen molar-refractivity contribution in [2.75, 3.05) is 11.9 Å². The number of hydrogen-bond donors (Lipinski definition) is 1. The molecule has 1 N–H and O–H groups in total. The number of rotatable bonds is 6. The Labute approximate surface area is 114 Å². The fourth-order valence-electron chi connectivity index (χ4n) is 2.26. The summed E-state index contributed by atoms with van der Waals surface area (Å²) >= 11 is 1.42. The number of anilines is 1. The average Bonchev–Trinajstić information content (AvgIpc) is 3.09. The molecule has 19 heavy (non-hydrogen) atoms. The van der Waals surface area contributed by atoms with Crippen LogP contribution in [0.2, 0.25) is 0 Å². The summed E-state index contributed by atoms with van der Waals surface area (Å²) in [6.45, 7) is 0.785. The van der Waals surface area contributed by atoms with Gasteiger partial charge in [0.1, 0.15) is 5.69 Å². The van der Waals surface area contributed by atoms with E-state index < -0.39 is 0 Å². The van der Waals surface area contributed by atoms with Crippen LogP contribution in [0, 0.1) is 16.0 Å². The van der Waals surface area contributed by atoms with Crippen molar-refractivity contribution < 1.29 is 4.92 Å². The zero-order valence-electron chi connectivity index (χ0n) is 10.5. The van der Waals surface area contributed by atoms with Gasteiger partial charge in [-0.05, 0) is 30.9 Å². The van der Waals surface area contributed by atoms with Gasteiger partial charge in [-0.15, -0.1) is 11.3 Å². The Morgan fingerprint density at radius 2 is 2.32 bits per heavy atom. The van der Waals surface area contributed by atoms with Gasteiger partial charge in [-0.3, -0.25) is 10.1 Å². The predicted molar refractivity (Wildman–Crippen MR) is 76.7 cm³/mol. The molecule has 3 rings (SSSR count). The topological polar surface area (TPSA) is 68.1 Å². The van der Waals surface area contributed by atoms with E-state index in [0.717, 1.165) is 23.6 Å². The van der Waals surface area contributed by atoms with Crippen LogP contribution in [0.3, 0.4) is 0 Å². The van der Waals surface area contributed by atoms with Crippen LogP contribution < -0.4 is 5.32 Å². The highest BCUT2D eigenvalue weighted by Crippen LogP contribution is 2.35. The molecular formula is C13H15N3O2S. The number of fused-ring (bicyclic) bond motifs is 1.